The van der Waals surface area contributed by atoms with Crippen molar-refractivity contribution in [3.05, 3.63) is 29.2 Å². The number of benzene rings is 1. The standard InChI is InChI=1S/C6H6N3.3BrH.Zn/c7-5-3-1-2-4-6(5)9-8;;;;/h1-4H,7H2;3*1H;/q+1;;;;+2/p-3. The van der Waals surface area contributed by atoms with Crippen LogP contribution in [0.3, 0.4) is 0 Å². The van der Waals surface area contributed by atoms with Crippen molar-refractivity contribution in [3.8, 4) is 0 Å². The summed E-state index contributed by atoms with van der Waals surface area (Å²) in [7, 11) is 0. The summed E-state index contributed by atoms with van der Waals surface area (Å²) in [6, 6.07) is 6.85. The summed E-state index contributed by atoms with van der Waals surface area (Å²) < 4.78 is 0. The zero-order valence-corrected chi connectivity index (χ0v) is 14.3. The predicted molar refractivity (Wildman–Crippen MR) is 35.6 cm³/mol. The molecule has 0 bridgehead atoms. The van der Waals surface area contributed by atoms with Crippen LogP contribution in [0.4, 0.5) is 11.4 Å². The molecule has 68 valence electrons. The first-order valence-corrected chi connectivity index (χ1v) is 2.54. The Kier molecular flexibility index (Phi) is 22.5. The number of diazo groups is 1. The summed E-state index contributed by atoms with van der Waals surface area (Å²) in [4.78, 5) is 2.95. The molecule has 13 heavy (non-hydrogen) atoms. The molecule has 0 aliphatic rings. The van der Waals surface area contributed by atoms with E-state index in [2.05, 4.69) is 4.98 Å². The van der Waals surface area contributed by atoms with Crippen molar-refractivity contribution < 1.29 is 70.4 Å². The molecule has 0 aliphatic heterocycles. The maximum absolute atomic E-state index is 8.26. The van der Waals surface area contributed by atoms with Gasteiger partial charge in [0.25, 0.3) is 0 Å². The molecular weight excluding hydrogens is 419 g/mol. The van der Waals surface area contributed by atoms with E-state index in [0.717, 1.165) is 0 Å². The van der Waals surface area contributed by atoms with Crippen LogP contribution >= 0.6 is 0 Å². The third-order valence-electron chi connectivity index (χ3n) is 1.04. The minimum Gasteiger partial charge on any atom is -1.00 e. The second-order valence-corrected chi connectivity index (χ2v) is 1.66. The number of nitrogens with two attached hydrogens (primary N) is 1. The second kappa shape index (κ2) is 12.5. The monoisotopic (exact) mass is 421 g/mol. The smallest absolute Gasteiger partial charge is 1.00 e. The van der Waals surface area contributed by atoms with E-state index < -0.39 is 0 Å². The van der Waals surface area contributed by atoms with E-state index >= 15 is 0 Å². The van der Waals surface area contributed by atoms with Gasteiger partial charge in [-0.1, -0.05) is 12.1 Å². The maximum Gasteiger partial charge on any atom is 2.00 e. The van der Waals surface area contributed by atoms with Crippen molar-refractivity contribution in [2.24, 2.45) is 0 Å². The molecule has 0 spiro atoms. The number of nitrogen functional groups attached to an aromatic ring is 1. The molecule has 7 heteroatoms. The Morgan fingerprint density at radius 2 is 1.54 bits per heavy atom. The fourth-order valence-electron chi connectivity index (χ4n) is 0.579. The van der Waals surface area contributed by atoms with Gasteiger partial charge < -0.3 is 56.7 Å². The van der Waals surface area contributed by atoms with E-state index in [-0.39, 0.29) is 70.4 Å². The molecule has 0 fully saturated rings. The van der Waals surface area contributed by atoms with Gasteiger partial charge >= 0.3 is 25.2 Å². The molecule has 0 aliphatic carbocycles. The van der Waals surface area contributed by atoms with Gasteiger partial charge in [-0.25, -0.2) is 0 Å². The Morgan fingerprint density at radius 1 is 1.08 bits per heavy atom. The zero-order chi connectivity index (χ0) is 6.69. The summed E-state index contributed by atoms with van der Waals surface area (Å²) >= 11 is 0. The number of anilines is 1. The first kappa shape index (κ1) is 23.4. The number of hydrogen-bond donors (Lipinski definition) is 1. The van der Waals surface area contributed by atoms with Crippen LogP contribution < -0.4 is 56.7 Å². The molecule has 0 unspecified atom stereocenters. The number of hydrogen-bond acceptors (Lipinski definition) is 2. The van der Waals surface area contributed by atoms with Crippen molar-refractivity contribution in [3.63, 3.8) is 0 Å². The van der Waals surface area contributed by atoms with Crippen LogP contribution in [0, 0.1) is 5.39 Å². The quantitative estimate of drug-likeness (QED) is 0.255. The predicted octanol–water partition coefficient (Wildman–Crippen LogP) is -7.24. The summed E-state index contributed by atoms with van der Waals surface area (Å²) in [5, 5.41) is 8.26. The van der Waals surface area contributed by atoms with Gasteiger partial charge in [-0.15, -0.1) is 0 Å². The number of halogens is 3. The fourth-order valence-corrected chi connectivity index (χ4v) is 0.579. The minimum absolute atomic E-state index is 0. The summed E-state index contributed by atoms with van der Waals surface area (Å²) in [5.41, 5.74) is 6.28. The second-order valence-electron chi connectivity index (χ2n) is 1.66. The normalized spacial score (nSPS) is 5.77. The Morgan fingerprint density at radius 3 is 1.85 bits per heavy atom. The van der Waals surface area contributed by atoms with Crippen LogP contribution in [0.1, 0.15) is 0 Å². The van der Waals surface area contributed by atoms with Gasteiger partial charge in [-0.05, 0) is 6.07 Å². The molecule has 0 amide bonds. The van der Waals surface area contributed by atoms with Crippen LogP contribution in [0.15, 0.2) is 24.3 Å². The Labute approximate surface area is 121 Å². The fraction of sp³-hybridized carbons (Fsp3) is 0. The number of rotatable bonds is 0. The summed E-state index contributed by atoms with van der Waals surface area (Å²) in [5.74, 6) is 0. The molecule has 3 nitrogen and oxygen atoms in total. The first-order chi connectivity index (χ1) is 4.34. The van der Waals surface area contributed by atoms with Crippen LogP contribution in [-0.2, 0) is 19.5 Å². The summed E-state index contributed by atoms with van der Waals surface area (Å²) in [6.07, 6.45) is 0. The van der Waals surface area contributed by atoms with Crippen molar-refractivity contribution in [2.45, 2.75) is 0 Å². The van der Waals surface area contributed by atoms with Gasteiger partial charge in [0.15, 0.2) is 4.98 Å². The molecular formula is C6H6Br3N3Zn. The molecule has 1 aromatic rings. The molecule has 0 aromatic heterocycles. The molecule has 1 aromatic carbocycles. The topological polar surface area (TPSA) is 54.2 Å². The first-order valence-electron chi connectivity index (χ1n) is 2.54. The summed E-state index contributed by atoms with van der Waals surface area (Å²) in [6.45, 7) is 0. The van der Waals surface area contributed by atoms with Crippen molar-refractivity contribution in [1.29, 1.82) is 5.39 Å². The largest absolute Gasteiger partial charge is 2.00 e. The van der Waals surface area contributed by atoms with Crippen LogP contribution in [-0.4, -0.2) is 0 Å². The van der Waals surface area contributed by atoms with Crippen molar-refractivity contribution in [2.75, 3.05) is 5.73 Å². The van der Waals surface area contributed by atoms with Crippen LogP contribution in [0.25, 0.3) is 4.98 Å². The third-order valence-corrected chi connectivity index (χ3v) is 1.04. The minimum atomic E-state index is 0. The molecule has 0 radical (unpaired) electrons. The molecule has 0 heterocycles. The van der Waals surface area contributed by atoms with Gasteiger partial charge in [0.05, 0.1) is 0 Å². The van der Waals surface area contributed by atoms with E-state index in [4.69, 9.17) is 11.1 Å². The van der Waals surface area contributed by atoms with E-state index in [1.807, 2.05) is 0 Å². The van der Waals surface area contributed by atoms with Crippen molar-refractivity contribution in [1.82, 2.24) is 0 Å². The van der Waals surface area contributed by atoms with Crippen molar-refractivity contribution >= 4 is 11.4 Å². The SMILES string of the molecule is N#[N+]c1ccccc1N.[Br-].[Br-].[Br-].[Zn+2]. The van der Waals surface area contributed by atoms with Crippen LogP contribution in [0.2, 0.25) is 0 Å². The third kappa shape index (κ3) is 7.56. The average molecular weight is 425 g/mol. The number of para-hydroxylation sites is 1. The van der Waals surface area contributed by atoms with Crippen LogP contribution in [0.5, 0.6) is 0 Å². The number of nitrogens with zero attached hydrogens (tertiary/aromatic N) is 2. The Bertz CT molecular complexity index is 264. The average Bonchev–Trinajstić information content (AvgIpc) is 1.89. The zero-order valence-electron chi connectivity index (χ0n) is 6.62. The molecule has 0 saturated carbocycles. The van der Waals surface area contributed by atoms with Gasteiger partial charge in [0.2, 0.25) is 5.39 Å². The molecule has 0 atom stereocenters. The van der Waals surface area contributed by atoms with E-state index in [1.165, 1.54) is 0 Å². The van der Waals surface area contributed by atoms with E-state index in [0.29, 0.717) is 11.4 Å². The molecule has 2 N–H and O–H groups in total. The maximum atomic E-state index is 8.26. The van der Waals surface area contributed by atoms with Gasteiger partial charge in [0, 0.05) is 6.07 Å². The Balaban J connectivity index is -0.000000101. The Hall–Kier alpha value is 0.503. The van der Waals surface area contributed by atoms with Gasteiger partial charge in [-0.2, -0.15) is 0 Å². The van der Waals surface area contributed by atoms with Gasteiger partial charge in [-0.3, -0.25) is 0 Å². The van der Waals surface area contributed by atoms with E-state index in [1.54, 1.807) is 24.3 Å². The molecule has 0 saturated heterocycles. The molecule has 1 rings (SSSR count). The van der Waals surface area contributed by atoms with Gasteiger partial charge in [0.1, 0.15) is 5.69 Å². The van der Waals surface area contributed by atoms with E-state index in [9.17, 15) is 0 Å².